The van der Waals surface area contributed by atoms with Gasteiger partial charge in [0.1, 0.15) is 0 Å². The van der Waals surface area contributed by atoms with Gasteiger partial charge in [-0.2, -0.15) is 0 Å². The van der Waals surface area contributed by atoms with Crippen LogP contribution in [0.1, 0.15) is 0 Å². The Labute approximate surface area is 79.5 Å². The molecule has 0 bridgehead atoms. The van der Waals surface area contributed by atoms with Crippen molar-refractivity contribution in [2.24, 2.45) is 11.5 Å². The van der Waals surface area contributed by atoms with Gasteiger partial charge in [-0.15, -0.1) is 0 Å². The summed E-state index contributed by atoms with van der Waals surface area (Å²) in [6.07, 6.45) is 0. The molecule has 0 aliphatic heterocycles. The Bertz CT molecular complexity index is 106. The van der Waals surface area contributed by atoms with Crippen molar-refractivity contribution in [2.45, 2.75) is 0 Å². The number of nitrogens with two attached hydrogens (primary N) is 2. The van der Waals surface area contributed by atoms with Gasteiger partial charge < -0.3 is 36.7 Å². The third kappa shape index (κ3) is 58.2. The zero-order valence-electron chi connectivity index (χ0n) is 6.08. The van der Waals surface area contributed by atoms with Crippen LogP contribution in [-0.2, 0) is 26.7 Å². The number of carboxylic acid groups (broad SMARTS) is 2. The van der Waals surface area contributed by atoms with Crippen LogP contribution in [0.3, 0.4) is 0 Å². The van der Waals surface area contributed by atoms with Gasteiger partial charge in [0.25, 0.3) is 0 Å². The van der Waals surface area contributed by atoms with Gasteiger partial charge >= 0.3 is 17.1 Å². The molecule has 0 fully saturated rings. The van der Waals surface area contributed by atoms with Crippen molar-refractivity contribution in [2.75, 3.05) is 13.1 Å². The molecule has 0 heterocycles. The van der Waals surface area contributed by atoms with Crippen LogP contribution < -0.4 is 21.7 Å². The van der Waals surface area contributed by atoms with Crippen LogP contribution in [0, 0.1) is 0 Å². The van der Waals surface area contributed by atoms with Gasteiger partial charge in [0.15, 0.2) is 0 Å². The predicted octanol–water partition coefficient (Wildman–Crippen LogP) is -5.44. The number of hydrogen-bond acceptors (Lipinski definition) is 6. The van der Waals surface area contributed by atoms with E-state index in [0.717, 1.165) is 0 Å². The first-order valence-corrected chi connectivity index (χ1v) is 2.34. The van der Waals surface area contributed by atoms with Gasteiger partial charge in [0.2, 0.25) is 0 Å². The summed E-state index contributed by atoms with van der Waals surface area (Å²) in [6.45, 7) is -0.778. The molecule has 0 unspecified atom stereocenters. The molecule has 0 aliphatic carbocycles. The Morgan fingerprint density at radius 3 is 1.08 bits per heavy atom. The molecule has 12 heavy (non-hydrogen) atoms. The molecule has 0 atom stereocenters. The molecule has 0 aromatic rings. The van der Waals surface area contributed by atoms with E-state index >= 15 is 0 Å². The van der Waals surface area contributed by atoms with E-state index in [4.69, 9.17) is 19.8 Å². The van der Waals surface area contributed by atoms with Crippen molar-refractivity contribution in [1.82, 2.24) is 0 Å². The van der Waals surface area contributed by atoms with Gasteiger partial charge in [-0.05, 0) is 0 Å². The average molecular weight is 221 g/mol. The molecule has 73 valence electrons. The summed E-state index contributed by atoms with van der Waals surface area (Å²) in [5.74, 6) is -2.44. The average Bonchev–Trinajstić information content (AvgIpc) is 1.89. The maximum atomic E-state index is 9.13. The maximum absolute atomic E-state index is 9.13. The van der Waals surface area contributed by atoms with Gasteiger partial charge in [0, 0.05) is 13.1 Å². The van der Waals surface area contributed by atoms with Crippen LogP contribution in [0.15, 0.2) is 0 Å². The van der Waals surface area contributed by atoms with Crippen LogP contribution in [-0.4, -0.2) is 30.5 Å². The number of hydrogen-bond donors (Lipinski definition) is 2. The molecule has 0 saturated heterocycles. The smallest absolute Gasteiger partial charge is 0.549 e. The van der Waals surface area contributed by atoms with Crippen LogP contribution in [0.25, 0.3) is 0 Å². The molecule has 6 N–H and O–H groups in total. The van der Waals surface area contributed by atoms with Crippen molar-refractivity contribution in [3.8, 4) is 0 Å². The van der Waals surface area contributed by atoms with Gasteiger partial charge in [-0.25, -0.2) is 0 Å². The van der Waals surface area contributed by atoms with Gasteiger partial charge in [0.05, 0.1) is 11.9 Å². The van der Waals surface area contributed by atoms with Crippen LogP contribution in [0.5, 0.6) is 0 Å². The van der Waals surface area contributed by atoms with E-state index < -0.39 is 11.9 Å². The number of aliphatic carboxylic acids is 2. The minimum Gasteiger partial charge on any atom is -0.549 e. The van der Waals surface area contributed by atoms with E-state index in [1.165, 1.54) is 0 Å². The second-order valence-corrected chi connectivity index (χ2v) is 1.15. The topological polar surface area (TPSA) is 164 Å². The normalized spacial score (nSPS) is 6.17. The third-order valence-corrected chi connectivity index (χ3v) is 0.333. The molecule has 0 rings (SSSR count). The summed E-state index contributed by atoms with van der Waals surface area (Å²) in [7, 11) is 0. The Morgan fingerprint density at radius 1 is 1.00 bits per heavy atom. The molecule has 0 aliphatic rings. The van der Waals surface area contributed by atoms with E-state index in [9.17, 15) is 0 Å². The van der Waals surface area contributed by atoms with Crippen LogP contribution in [0.4, 0.5) is 0 Å². The monoisotopic (exact) mass is 221 g/mol. The Morgan fingerprint density at radius 2 is 1.08 bits per heavy atom. The zero-order chi connectivity index (χ0) is 8.57. The third-order valence-electron chi connectivity index (χ3n) is 0.333. The molecule has 1 radical (unpaired) electrons. The molecule has 7 nitrogen and oxygen atoms in total. The fourth-order valence-electron chi connectivity index (χ4n) is 0. The molecule has 0 amide bonds. The van der Waals surface area contributed by atoms with E-state index in [1.54, 1.807) is 0 Å². The fourth-order valence-corrected chi connectivity index (χ4v) is 0. The SMILES string of the molecule is NCC(=O)[O-].NCC(=O)[O-].O.[Mn+2]. The van der Waals surface area contributed by atoms with Crippen LogP contribution >= 0.6 is 0 Å². The number of carboxylic acids is 2. The van der Waals surface area contributed by atoms with Crippen molar-refractivity contribution < 1.29 is 42.3 Å². The standard InChI is InChI=1S/2C2H5NO2.Mn.H2O/c2*3-1-2(4)5;;/h2*1,3H2,(H,4,5);;1H2/q;;+2;/p-2. The van der Waals surface area contributed by atoms with E-state index in [1.807, 2.05) is 0 Å². The molecular weight excluding hydrogens is 211 g/mol. The summed E-state index contributed by atoms with van der Waals surface area (Å²) in [6, 6.07) is 0. The second-order valence-electron chi connectivity index (χ2n) is 1.15. The van der Waals surface area contributed by atoms with Crippen molar-refractivity contribution >= 4 is 11.9 Å². The van der Waals surface area contributed by atoms with E-state index in [2.05, 4.69) is 11.5 Å². The minimum absolute atomic E-state index is 0. The molecule has 0 saturated carbocycles. The molecule has 0 aromatic heterocycles. The summed E-state index contributed by atoms with van der Waals surface area (Å²) in [5, 5.41) is 18.3. The van der Waals surface area contributed by atoms with Crippen molar-refractivity contribution in [3.05, 3.63) is 0 Å². The van der Waals surface area contributed by atoms with Crippen LogP contribution in [0.2, 0.25) is 0 Å². The first-order chi connectivity index (χ1) is 4.54. The molecule has 8 heteroatoms. The Hall–Kier alpha value is -0.661. The minimum atomic E-state index is -1.22. The predicted molar refractivity (Wildman–Crippen MR) is 31.7 cm³/mol. The van der Waals surface area contributed by atoms with Gasteiger partial charge in [-0.3, -0.25) is 0 Å². The Balaban J connectivity index is -0.0000000457. The summed E-state index contributed by atoms with van der Waals surface area (Å²) < 4.78 is 0. The summed E-state index contributed by atoms with van der Waals surface area (Å²) >= 11 is 0. The largest absolute Gasteiger partial charge is 2.00 e. The first-order valence-electron chi connectivity index (χ1n) is 2.34. The first kappa shape index (κ1) is 22.5. The number of carbonyl (C=O) groups excluding carboxylic acids is 2. The zero-order valence-corrected chi connectivity index (χ0v) is 7.26. The summed E-state index contributed by atoms with van der Waals surface area (Å²) in [5.41, 5.74) is 9.02. The maximum Gasteiger partial charge on any atom is 2.00 e. The summed E-state index contributed by atoms with van der Waals surface area (Å²) in [4.78, 5) is 18.3. The number of rotatable bonds is 2. The van der Waals surface area contributed by atoms with Crippen molar-refractivity contribution in [3.63, 3.8) is 0 Å². The van der Waals surface area contributed by atoms with E-state index in [-0.39, 0.29) is 35.6 Å². The Kier molecular flexibility index (Phi) is 31.4. The number of carbonyl (C=O) groups is 2. The second kappa shape index (κ2) is 16.7. The quantitative estimate of drug-likeness (QED) is 0.441. The fraction of sp³-hybridized carbons (Fsp3) is 0.500. The van der Waals surface area contributed by atoms with E-state index in [0.29, 0.717) is 0 Å². The molecule has 0 aromatic carbocycles. The molecule has 0 spiro atoms. The molecular formula is C4H10MnN2O5. The van der Waals surface area contributed by atoms with Crippen molar-refractivity contribution in [1.29, 1.82) is 0 Å². The van der Waals surface area contributed by atoms with Gasteiger partial charge in [-0.1, -0.05) is 0 Å².